The SMILES string of the molecule is CCCCC(=O)OCCOC. The fourth-order valence-corrected chi connectivity index (χ4v) is 0.632. The second kappa shape index (κ2) is 7.54. The maximum atomic E-state index is 10.8. The molecule has 0 aliphatic heterocycles. The molecule has 0 aromatic heterocycles. The van der Waals surface area contributed by atoms with Gasteiger partial charge in [-0.25, -0.2) is 0 Å². The Kier molecular flexibility index (Phi) is 7.15. The van der Waals surface area contributed by atoms with E-state index in [2.05, 4.69) is 0 Å². The summed E-state index contributed by atoms with van der Waals surface area (Å²) in [7, 11) is 1.58. The van der Waals surface area contributed by atoms with E-state index >= 15 is 0 Å². The first-order valence-corrected chi connectivity index (χ1v) is 3.95. The van der Waals surface area contributed by atoms with Crippen molar-refractivity contribution in [3.05, 3.63) is 0 Å². The summed E-state index contributed by atoms with van der Waals surface area (Å²) in [6, 6.07) is 0. The minimum Gasteiger partial charge on any atom is -0.463 e. The molecule has 0 saturated heterocycles. The maximum absolute atomic E-state index is 10.8. The van der Waals surface area contributed by atoms with E-state index in [1.165, 1.54) is 0 Å². The molecular formula is C8H16O3. The van der Waals surface area contributed by atoms with E-state index in [4.69, 9.17) is 9.47 Å². The van der Waals surface area contributed by atoms with Gasteiger partial charge >= 0.3 is 5.97 Å². The molecule has 11 heavy (non-hydrogen) atoms. The average molecular weight is 160 g/mol. The van der Waals surface area contributed by atoms with E-state index in [0.717, 1.165) is 12.8 Å². The summed E-state index contributed by atoms with van der Waals surface area (Å²) in [5, 5.41) is 0. The number of carbonyl (C=O) groups excluding carboxylic acids is 1. The van der Waals surface area contributed by atoms with Crippen LogP contribution in [0.15, 0.2) is 0 Å². The molecule has 0 aliphatic carbocycles. The lowest BCUT2D eigenvalue weighted by Gasteiger charge is -2.02. The molecule has 66 valence electrons. The van der Waals surface area contributed by atoms with Crippen LogP contribution in [0.4, 0.5) is 0 Å². The van der Waals surface area contributed by atoms with Gasteiger partial charge in [0.1, 0.15) is 6.61 Å². The summed E-state index contributed by atoms with van der Waals surface area (Å²) >= 11 is 0. The van der Waals surface area contributed by atoms with Crippen LogP contribution in [0.25, 0.3) is 0 Å². The van der Waals surface area contributed by atoms with Crippen molar-refractivity contribution in [2.75, 3.05) is 20.3 Å². The van der Waals surface area contributed by atoms with Gasteiger partial charge in [0.15, 0.2) is 0 Å². The molecule has 0 saturated carbocycles. The van der Waals surface area contributed by atoms with Gasteiger partial charge in [0.25, 0.3) is 0 Å². The molecule has 0 aliphatic rings. The summed E-state index contributed by atoms with van der Waals surface area (Å²) in [5.74, 6) is -0.121. The van der Waals surface area contributed by atoms with Gasteiger partial charge < -0.3 is 9.47 Å². The molecule has 0 radical (unpaired) electrons. The fraction of sp³-hybridized carbons (Fsp3) is 0.875. The lowest BCUT2D eigenvalue weighted by atomic mass is 10.2. The number of ether oxygens (including phenoxy) is 2. The molecule has 0 aromatic carbocycles. The number of unbranched alkanes of at least 4 members (excludes halogenated alkanes) is 1. The Hall–Kier alpha value is -0.570. The smallest absolute Gasteiger partial charge is 0.305 e. The number of hydrogen-bond donors (Lipinski definition) is 0. The van der Waals surface area contributed by atoms with E-state index in [9.17, 15) is 4.79 Å². The maximum Gasteiger partial charge on any atom is 0.305 e. The van der Waals surface area contributed by atoms with E-state index in [-0.39, 0.29) is 5.97 Å². The van der Waals surface area contributed by atoms with Gasteiger partial charge in [0.05, 0.1) is 6.61 Å². The minimum absolute atomic E-state index is 0.121. The molecule has 0 bridgehead atoms. The highest BCUT2D eigenvalue weighted by molar-refractivity contribution is 5.69. The molecule has 0 unspecified atom stereocenters. The molecule has 0 amide bonds. The largest absolute Gasteiger partial charge is 0.463 e. The van der Waals surface area contributed by atoms with Gasteiger partial charge in [0.2, 0.25) is 0 Å². The summed E-state index contributed by atoms with van der Waals surface area (Å²) in [6.45, 7) is 2.90. The van der Waals surface area contributed by atoms with E-state index < -0.39 is 0 Å². The van der Waals surface area contributed by atoms with Crippen LogP contribution in [0, 0.1) is 0 Å². The fourth-order valence-electron chi connectivity index (χ4n) is 0.632. The van der Waals surface area contributed by atoms with Crippen molar-refractivity contribution in [2.24, 2.45) is 0 Å². The van der Waals surface area contributed by atoms with Gasteiger partial charge in [-0.3, -0.25) is 4.79 Å². The van der Waals surface area contributed by atoms with Crippen molar-refractivity contribution in [3.8, 4) is 0 Å². The lowest BCUT2D eigenvalue weighted by Crippen LogP contribution is -2.08. The zero-order valence-electron chi connectivity index (χ0n) is 7.26. The monoisotopic (exact) mass is 160 g/mol. The van der Waals surface area contributed by atoms with Crippen molar-refractivity contribution >= 4 is 5.97 Å². The van der Waals surface area contributed by atoms with Gasteiger partial charge in [-0.15, -0.1) is 0 Å². The second-order valence-corrected chi connectivity index (χ2v) is 2.32. The Balaban J connectivity index is 3.09. The molecule has 0 atom stereocenters. The number of carbonyl (C=O) groups is 1. The lowest BCUT2D eigenvalue weighted by molar-refractivity contribution is -0.145. The topological polar surface area (TPSA) is 35.5 Å². The van der Waals surface area contributed by atoms with Gasteiger partial charge in [0, 0.05) is 13.5 Å². The van der Waals surface area contributed by atoms with Crippen LogP contribution in [0.5, 0.6) is 0 Å². The first-order valence-electron chi connectivity index (χ1n) is 3.95. The summed E-state index contributed by atoms with van der Waals surface area (Å²) in [6.07, 6.45) is 2.46. The Morgan fingerprint density at radius 1 is 1.36 bits per heavy atom. The number of esters is 1. The quantitative estimate of drug-likeness (QED) is 0.435. The third kappa shape index (κ3) is 7.33. The third-order valence-corrected chi connectivity index (χ3v) is 1.28. The van der Waals surface area contributed by atoms with Crippen LogP contribution in [0.1, 0.15) is 26.2 Å². The van der Waals surface area contributed by atoms with Crippen molar-refractivity contribution < 1.29 is 14.3 Å². The minimum atomic E-state index is -0.121. The van der Waals surface area contributed by atoms with Crippen LogP contribution in [-0.2, 0) is 14.3 Å². The average Bonchev–Trinajstić information content (AvgIpc) is 2.01. The van der Waals surface area contributed by atoms with Crippen LogP contribution in [0.3, 0.4) is 0 Å². The number of methoxy groups -OCH3 is 1. The van der Waals surface area contributed by atoms with Crippen LogP contribution in [-0.4, -0.2) is 26.3 Å². The normalized spacial score (nSPS) is 9.64. The zero-order chi connectivity index (χ0) is 8.53. The molecule has 0 spiro atoms. The van der Waals surface area contributed by atoms with E-state index in [1.807, 2.05) is 6.92 Å². The second-order valence-electron chi connectivity index (χ2n) is 2.32. The third-order valence-electron chi connectivity index (χ3n) is 1.28. The highest BCUT2D eigenvalue weighted by atomic mass is 16.6. The van der Waals surface area contributed by atoms with Crippen LogP contribution in [0.2, 0.25) is 0 Å². The predicted molar refractivity (Wildman–Crippen MR) is 42.4 cm³/mol. The van der Waals surface area contributed by atoms with E-state index in [0.29, 0.717) is 19.6 Å². The Morgan fingerprint density at radius 3 is 2.64 bits per heavy atom. The summed E-state index contributed by atoms with van der Waals surface area (Å²) < 4.78 is 9.54. The van der Waals surface area contributed by atoms with Crippen molar-refractivity contribution in [1.29, 1.82) is 0 Å². The summed E-state index contributed by atoms with van der Waals surface area (Å²) in [5.41, 5.74) is 0. The molecule has 0 fully saturated rings. The van der Waals surface area contributed by atoms with Gasteiger partial charge in [-0.2, -0.15) is 0 Å². The standard InChI is InChI=1S/C8H16O3/c1-3-4-5-8(9)11-7-6-10-2/h3-7H2,1-2H3. The molecular weight excluding hydrogens is 144 g/mol. The Bertz CT molecular complexity index is 102. The predicted octanol–water partition coefficient (Wildman–Crippen LogP) is 1.37. The van der Waals surface area contributed by atoms with Crippen molar-refractivity contribution in [3.63, 3.8) is 0 Å². The highest BCUT2D eigenvalue weighted by Crippen LogP contribution is 1.95. The highest BCUT2D eigenvalue weighted by Gasteiger charge is 1.99. The molecule has 0 heterocycles. The zero-order valence-corrected chi connectivity index (χ0v) is 7.26. The Morgan fingerprint density at radius 2 is 2.09 bits per heavy atom. The van der Waals surface area contributed by atoms with E-state index in [1.54, 1.807) is 7.11 Å². The van der Waals surface area contributed by atoms with Gasteiger partial charge in [-0.1, -0.05) is 13.3 Å². The van der Waals surface area contributed by atoms with Gasteiger partial charge in [-0.05, 0) is 6.42 Å². The van der Waals surface area contributed by atoms with Crippen LogP contribution < -0.4 is 0 Å². The van der Waals surface area contributed by atoms with Crippen LogP contribution >= 0.6 is 0 Å². The molecule has 3 heteroatoms. The number of rotatable bonds is 6. The first-order chi connectivity index (χ1) is 5.31. The molecule has 0 N–H and O–H groups in total. The summed E-state index contributed by atoms with van der Waals surface area (Å²) in [4.78, 5) is 10.8. The van der Waals surface area contributed by atoms with Crippen molar-refractivity contribution in [2.45, 2.75) is 26.2 Å². The first kappa shape index (κ1) is 10.4. The molecule has 3 nitrogen and oxygen atoms in total. The van der Waals surface area contributed by atoms with Crippen molar-refractivity contribution in [1.82, 2.24) is 0 Å². The molecule has 0 aromatic rings. The Labute approximate surface area is 67.7 Å². The number of hydrogen-bond acceptors (Lipinski definition) is 3. The molecule has 0 rings (SSSR count).